The van der Waals surface area contributed by atoms with E-state index in [-0.39, 0.29) is 0 Å². The molecule has 0 spiro atoms. The molecule has 2 rings (SSSR count). The standard InChI is InChI=1S/C13H12ClN3S/c14-11-1-3-12(4-2-11)17-13(18)16-9-10-5-7-15-8-6-10/h1-8H,9H2,(H2,16,17,18)/p+1. The molecule has 0 aliphatic rings. The summed E-state index contributed by atoms with van der Waals surface area (Å²) in [7, 11) is 0. The topological polar surface area (TPSA) is 38.2 Å². The zero-order valence-corrected chi connectivity index (χ0v) is 11.2. The maximum Gasteiger partial charge on any atom is 0.171 e. The van der Waals surface area contributed by atoms with Crippen molar-refractivity contribution in [3.05, 3.63) is 59.4 Å². The van der Waals surface area contributed by atoms with Crippen molar-refractivity contribution in [2.75, 3.05) is 5.32 Å². The van der Waals surface area contributed by atoms with Crippen LogP contribution in [0.25, 0.3) is 0 Å². The van der Waals surface area contributed by atoms with Gasteiger partial charge in [0.05, 0.1) is 0 Å². The molecule has 0 aliphatic heterocycles. The summed E-state index contributed by atoms with van der Waals surface area (Å²) in [5.41, 5.74) is 2.08. The van der Waals surface area contributed by atoms with Gasteiger partial charge in [-0.1, -0.05) is 11.6 Å². The van der Waals surface area contributed by atoms with Crippen molar-refractivity contribution in [3.8, 4) is 0 Å². The Kier molecular flexibility index (Phi) is 4.50. The van der Waals surface area contributed by atoms with Crippen molar-refractivity contribution in [2.45, 2.75) is 6.54 Å². The van der Waals surface area contributed by atoms with E-state index in [1.807, 2.05) is 48.8 Å². The van der Waals surface area contributed by atoms with Crippen LogP contribution in [-0.2, 0) is 6.54 Å². The van der Waals surface area contributed by atoms with Crippen molar-refractivity contribution >= 4 is 34.6 Å². The third-order valence-corrected chi connectivity index (χ3v) is 2.84. The van der Waals surface area contributed by atoms with Crippen molar-refractivity contribution < 1.29 is 4.98 Å². The molecule has 1 heterocycles. The van der Waals surface area contributed by atoms with Crippen LogP contribution in [0.1, 0.15) is 5.56 Å². The van der Waals surface area contributed by atoms with Crippen LogP contribution in [0.15, 0.2) is 48.8 Å². The molecular weight excluding hydrogens is 266 g/mol. The van der Waals surface area contributed by atoms with Gasteiger partial charge in [-0.2, -0.15) is 0 Å². The molecule has 18 heavy (non-hydrogen) atoms. The van der Waals surface area contributed by atoms with Gasteiger partial charge in [0.15, 0.2) is 17.5 Å². The second-order valence-electron chi connectivity index (χ2n) is 3.72. The average Bonchev–Trinajstić information content (AvgIpc) is 2.40. The SMILES string of the molecule is S=C(NCc1cc[nH+]cc1)Nc1ccc(Cl)cc1. The van der Waals surface area contributed by atoms with Gasteiger partial charge in [-0.25, -0.2) is 4.98 Å². The normalized spacial score (nSPS) is 9.83. The summed E-state index contributed by atoms with van der Waals surface area (Å²) in [6.07, 6.45) is 3.76. The Morgan fingerprint density at radius 2 is 1.78 bits per heavy atom. The second kappa shape index (κ2) is 6.33. The maximum absolute atomic E-state index is 5.81. The lowest BCUT2D eigenvalue weighted by atomic mass is 10.3. The number of aromatic amines is 1. The lowest BCUT2D eigenvalue weighted by molar-refractivity contribution is -0.378. The minimum Gasteiger partial charge on any atom is -0.358 e. The molecule has 0 radical (unpaired) electrons. The molecule has 0 unspecified atom stereocenters. The highest BCUT2D eigenvalue weighted by molar-refractivity contribution is 7.80. The van der Waals surface area contributed by atoms with E-state index >= 15 is 0 Å². The van der Waals surface area contributed by atoms with Crippen LogP contribution in [0.5, 0.6) is 0 Å². The van der Waals surface area contributed by atoms with Gasteiger partial charge in [0.1, 0.15) is 0 Å². The van der Waals surface area contributed by atoms with Crippen molar-refractivity contribution in [3.63, 3.8) is 0 Å². The highest BCUT2D eigenvalue weighted by atomic mass is 35.5. The number of hydrogen-bond donors (Lipinski definition) is 2. The Balaban J connectivity index is 1.84. The predicted octanol–water partition coefficient (Wildman–Crippen LogP) is 2.64. The van der Waals surface area contributed by atoms with Gasteiger partial charge in [0.2, 0.25) is 0 Å². The molecule has 92 valence electrons. The fourth-order valence-electron chi connectivity index (χ4n) is 1.43. The molecule has 0 fully saturated rings. The van der Waals surface area contributed by atoms with E-state index < -0.39 is 0 Å². The lowest BCUT2D eigenvalue weighted by Crippen LogP contribution is -2.27. The Hall–Kier alpha value is -1.65. The van der Waals surface area contributed by atoms with E-state index in [0.29, 0.717) is 16.7 Å². The summed E-state index contributed by atoms with van der Waals surface area (Å²) in [5, 5.41) is 7.53. The Bertz CT molecular complexity index is 514. The van der Waals surface area contributed by atoms with E-state index in [9.17, 15) is 0 Å². The number of thiocarbonyl (C=S) groups is 1. The maximum atomic E-state index is 5.81. The molecule has 3 nitrogen and oxygen atoms in total. The van der Waals surface area contributed by atoms with Crippen LogP contribution < -0.4 is 15.6 Å². The molecule has 1 aromatic heterocycles. The Morgan fingerprint density at radius 3 is 2.44 bits per heavy atom. The first-order valence-electron chi connectivity index (χ1n) is 5.49. The zero-order chi connectivity index (χ0) is 12.8. The Morgan fingerprint density at radius 1 is 1.11 bits per heavy atom. The second-order valence-corrected chi connectivity index (χ2v) is 4.57. The van der Waals surface area contributed by atoms with Crippen LogP contribution in [0, 0.1) is 0 Å². The predicted molar refractivity (Wildman–Crippen MR) is 77.5 cm³/mol. The van der Waals surface area contributed by atoms with Crippen LogP contribution in [0.4, 0.5) is 5.69 Å². The summed E-state index contributed by atoms with van der Waals surface area (Å²) in [5.74, 6) is 0. The van der Waals surface area contributed by atoms with Gasteiger partial charge in [0, 0.05) is 29.4 Å². The van der Waals surface area contributed by atoms with Crippen molar-refractivity contribution in [1.29, 1.82) is 0 Å². The zero-order valence-electron chi connectivity index (χ0n) is 9.61. The first kappa shape index (κ1) is 12.8. The quantitative estimate of drug-likeness (QED) is 0.848. The molecule has 1 aromatic carbocycles. The van der Waals surface area contributed by atoms with Gasteiger partial charge in [-0.05, 0) is 42.0 Å². The fourth-order valence-corrected chi connectivity index (χ4v) is 1.75. The minimum absolute atomic E-state index is 0.588. The number of H-pyrrole nitrogens is 1. The lowest BCUT2D eigenvalue weighted by Gasteiger charge is -2.10. The molecule has 0 amide bonds. The number of pyridine rings is 1. The molecule has 3 N–H and O–H groups in total. The summed E-state index contributed by atoms with van der Waals surface area (Å²) in [4.78, 5) is 2.98. The molecule has 0 saturated heterocycles. The third-order valence-electron chi connectivity index (χ3n) is 2.34. The third kappa shape index (κ3) is 3.98. The number of hydrogen-bond acceptors (Lipinski definition) is 1. The fraction of sp³-hybridized carbons (Fsp3) is 0.0769. The summed E-state index contributed by atoms with van der Waals surface area (Å²) in [6, 6.07) is 11.4. The molecule has 0 saturated carbocycles. The highest BCUT2D eigenvalue weighted by Gasteiger charge is 1.98. The van der Waals surface area contributed by atoms with E-state index in [2.05, 4.69) is 15.6 Å². The first-order valence-corrected chi connectivity index (χ1v) is 6.28. The largest absolute Gasteiger partial charge is 0.358 e. The highest BCUT2D eigenvalue weighted by Crippen LogP contribution is 2.13. The summed E-state index contributed by atoms with van der Waals surface area (Å²) >= 11 is 11.0. The van der Waals surface area contributed by atoms with Crippen LogP contribution in [0.3, 0.4) is 0 Å². The minimum atomic E-state index is 0.588. The smallest absolute Gasteiger partial charge is 0.171 e. The van der Waals surface area contributed by atoms with E-state index in [4.69, 9.17) is 23.8 Å². The molecule has 0 aliphatic carbocycles. The number of benzene rings is 1. The molecular formula is C13H13ClN3S+. The number of anilines is 1. The van der Waals surface area contributed by atoms with Gasteiger partial charge < -0.3 is 10.6 Å². The molecule has 0 bridgehead atoms. The number of nitrogens with one attached hydrogen (secondary N) is 3. The van der Waals surface area contributed by atoms with Crippen LogP contribution >= 0.6 is 23.8 Å². The van der Waals surface area contributed by atoms with Gasteiger partial charge in [-0.15, -0.1) is 0 Å². The number of aromatic nitrogens is 1. The van der Waals surface area contributed by atoms with Gasteiger partial charge >= 0.3 is 0 Å². The van der Waals surface area contributed by atoms with Gasteiger partial charge in [-0.3, -0.25) is 0 Å². The number of rotatable bonds is 3. The summed E-state index contributed by atoms with van der Waals surface area (Å²) < 4.78 is 0. The van der Waals surface area contributed by atoms with Crippen molar-refractivity contribution in [2.24, 2.45) is 0 Å². The molecule has 0 atom stereocenters. The van der Waals surface area contributed by atoms with E-state index in [1.54, 1.807) is 0 Å². The van der Waals surface area contributed by atoms with Gasteiger partial charge in [0.25, 0.3) is 0 Å². The molecule has 5 heteroatoms. The molecule has 2 aromatic rings. The van der Waals surface area contributed by atoms with Crippen molar-refractivity contribution in [1.82, 2.24) is 5.32 Å². The van der Waals surface area contributed by atoms with E-state index in [0.717, 1.165) is 11.3 Å². The summed E-state index contributed by atoms with van der Waals surface area (Å²) in [6.45, 7) is 0.689. The van der Waals surface area contributed by atoms with Crippen LogP contribution in [0.2, 0.25) is 5.02 Å². The number of halogens is 1. The monoisotopic (exact) mass is 278 g/mol. The average molecular weight is 279 g/mol. The van der Waals surface area contributed by atoms with E-state index in [1.165, 1.54) is 0 Å². The Labute approximate surface area is 116 Å². The first-order chi connectivity index (χ1) is 8.74. The van der Waals surface area contributed by atoms with Crippen LogP contribution in [-0.4, -0.2) is 5.11 Å².